The Kier molecular flexibility index (Phi) is 7.30. The van der Waals surface area contributed by atoms with E-state index in [9.17, 15) is 25.0 Å². The Balaban J connectivity index is 1.45. The summed E-state index contributed by atoms with van der Waals surface area (Å²) in [7, 11) is 0. The zero-order valence-electron chi connectivity index (χ0n) is 19.2. The highest BCUT2D eigenvalue weighted by Gasteiger charge is 2.16. The number of aromatic nitrogens is 2. The molecular formula is C24H18ClN5O7. The molecule has 0 saturated heterocycles. The van der Waals surface area contributed by atoms with E-state index in [0.717, 1.165) is 11.6 Å². The van der Waals surface area contributed by atoms with Gasteiger partial charge in [-0.05, 0) is 36.8 Å². The van der Waals surface area contributed by atoms with Gasteiger partial charge in [-0.1, -0.05) is 23.7 Å². The summed E-state index contributed by atoms with van der Waals surface area (Å²) in [5.41, 5.74) is 0.673. The summed E-state index contributed by atoms with van der Waals surface area (Å²) in [6.07, 6.45) is 1.48. The quantitative estimate of drug-likeness (QED) is 0.215. The maximum Gasteiger partial charge on any atom is 0.276 e. The number of carbonyl (C=O) groups excluding carboxylic acids is 1. The second-order valence-electron chi connectivity index (χ2n) is 7.73. The number of benzene rings is 3. The first kappa shape index (κ1) is 25.1. The van der Waals surface area contributed by atoms with E-state index in [1.165, 1.54) is 47.3 Å². The number of rotatable bonds is 9. The lowest BCUT2D eigenvalue weighted by Crippen LogP contribution is -2.14. The van der Waals surface area contributed by atoms with Crippen LogP contribution in [0.5, 0.6) is 17.2 Å². The van der Waals surface area contributed by atoms with E-state index >= 15 is 0 Å². The van der Waals surface area contributed by atoms with Gasteiger partial charge in [0.1, 0.15) is 17.2 Å². The van der Waals surface area contributed by atoms with E-state index in [1.54, 1.807) is 18.2 Å². The number of aryl methyl sites for hydroxylation is 1. The number of ether oxygens (including phenoxy) is 2. The van der Waals surface area contributed by atoms with Crippen molar-refractivity contribution in [3.05, 3.63) is 109 Å². The van der Waals surface area contributed by atoms with Crippen LogP contribution in [0.3, 0.4) is 0 Å². The number of halogens is 1. The molecule has 0 aliphatic heterocycles. The Morgan fingerprint density at radius 1 is 1.00 bits per heavy atom. The van der Waals surface area contributed by atoms with E-state index in [-0.39, 0.29) is 46.0 Å². The first-order valence-electron chi connectivity index (χ1n) is 10.6. The third-order valence-electron chi connectivity index (χ3n) is 4.94. The van der Waals surface area contributed by atoms with Crippen molar-refractivity contribution in [2.24, 2.45) is 0 Å². The van der Waals surface area contributed by atoms with E-state index in [4.69, 9.17) is 21.1 Å². The van der Waals surface area contributed by atoms with Crippen molar-refractivity contribution in [1.29, 1.82) is 0 Å². The minimum absolute atomic E-state index is 0.0195. The number of non-ortho nitro benzene ring substituents is 2. The molecule has 0 spiro atoms. The monoisotopic (exact) mass is 523 g/mol. The Morgan fingerprint density at radius 2 is 1.78 bits per heavy atom. The third kappa shape index (κ3) is 6.38. The van der Waals surface area contributed by atoms with Gasteiger partial charge in [0.15, 0.2) is 12.4 Å². The van der Waals surface area contributed by atoms with Crippen molar-refractivity contribution in [1.82, 2.24) is 9.78 Å². The van der Waals surface area contributed by atoms with Crippen LogP contribution in [0.15, 0.2) is 72.9 Å². The summed E-state index contributed by atoms with van der Waals surface area (Å²) in [5.74, 6) is 0.249. The summed E-state index contributed by atoms with van der Waals surface area (Å²) in [6.45, 7) is 1.76. The van der Waals surface area contributed by atoms with Gasteiger partial charge in [0, 0.05) is 30.5 Å². The average Bonchev–Trinajstić information content (AvgIpc) is 3.32. The second kappa shape index (κ2) is 10.7. The molecule has 1 N–H and O–H groups in total. The molecule has 12 nitrogen and oxygen atoms in total. The lowest BCUT2D eigenvalue weighted by atomic mass is 10.2. The molecule has 0 radical (unpaired) electrons. The Labute approximate surface area is 214 Å². The number of nitro groups is 2. The van der Waals surface area contributed by atoms with E-state index in [2.05, 4.69) is 10.4 Å². The molecule has 0 atom stereocenters. The normalized spacial score (nSPS) is 10.5. The summed E-state index contributed by atoms with van der Waals surface area (Å²) >= 11 is 6.01. The van der Waals surface area contributed by atoms with E-state index in [0.29, 0.717) is 5.75 Å². The van der Waals surface area contributed by atoms with Gasteiger partial charge in [-0.2, -0.15) is 5.10 Å². The number of nitrogens with one attached hydrogen (secondary N) is 1. The minimum atomic E-state index is -0.617. The number of amides is 1. The molecule has 4 rings (SSSR count). The fourth-order valence-electron chi connectivity index (χ4n) is 3.24. The van der Waals surface area contributed by atoms with Gasteiger partial charge >= 0.3 is 0 Å². The van der Waals surface area contributed by atoms with Crippen LogP contribution in [0.2, 0.25) is 5.02 Å². The maximum absolute atomic E-state index is 12.7. The van der Waals surface area contributed by atoms with E-state index in [1.807, 2.05) is 13.0 Å². The number of carbonyl (C=O) groups is 1. The molecule has 37 heavy (non-hydrogen) atoms. The molecule has 13 heteroatoms. The van der Waals surface area contributed by atoms with Crippen LogP contribution >= 0.6 is 11.6 Å². The lowest BCUT2D eigenvalue weighted by Gasteiger charge is -2.09. The smallest absolute Gasteiger partial charge is 0.276 e. The first-order chi connectivity index (χ1) is 17.7. The molecule has 1 heterocycles. The van der Waals surface area contributed by atoms with Crippen molar-refractivity contribution in [2.75, 3.05) is 5.32 Å². The standard InChI is InChI=1S/C24H18ClN5O7/c1-15-3-2-4-19(9-15)37-20-11-16(10-18(12-20)30(34)35)26-24(31)22-7-8-28(27-22)14-36-23-6-5-17(29(32)33)13-21(23)25/h2-13H,14H2,1H3,(H,26,31). The zero-order chi connectivity index (χ0) is 26.5. The summed E-state index contributed by atoms with van der Waals surface area (Å²) in [4.78, 5) is 33.8. The van der Waals surface area contributed by atoms with Crippen LogP contribution < -0.4 is 14.8 Å². The third-order valence-corrected chi connectivity index (χ3v) is 5.23. The predicted molar refractivity (Wildman–Crippen MR) is 133 cm³/mol. The first-order valence-corrected chi connectivity index (χ1v) is 11.0. The van der Waals surface area contributed by atoms with Crippen LogP contribution in [-0.4, -0.2) is 25.5 Å². The van der Waals surface area contributed by atoms with Gasteiger partial charge in [-0.3, -0.25) is 25.0 Å². The Hall–Kier alpha value is -4.97. The molecule has 0 saturated carbocycles. The molecule has 0 bridgehead atoms. The maximum atomic E-state index is 12.7. The van der Waals surface area contributed by atoms with Crippen molar-refractivity contribution < 1.29 is 24.1 Å². The molecule has 3 aromatic carbocycles. The molecule has 1 amide bonds. The highest BCUT2D eigenvalue weighted by Crippen LogP contribution is 2.31. The summed E-state index contributed by atoms with van der Waals surface area (Å²) < 4.78 is 12.6. The number of anilines is 1. The molecule has 0 aliphatic rings. The zero-order valence-corrected chi connectivity index (χ0v) is 19.9. The van der Waals surface area contributed by atoms with Crippen molar-refractivity contribution in [2.45, 2.75) is 13.7 Å². The van der Waals surface area contributed by atoms with Crippen molar-refractivity contribution in [3.63, 3.8) is 0 Å². The number of nitrogens with zero attached hydrogens (tertiary/aromatic N) is 4. The van der Waals surface area contributed by atoms with Gasteiger partial charge < -0.3 is 14.8 Å². The molecule has 0 unspecified atom stereocenters. The van der Waals surface area contributed by atoms with Gasteiger partial charge in [-0.25, -0.2) is 4.68 Å². The molecular weight excluding hydrogens is 506 g/mol. The molecule has 4 aromatic rings. The fourth-order valence-corrected chi connectivity index (χ4v) is 3.47. The molecule has 1 aromatic heterocycles. The predicted octanol–water partition coefficient (Wildman–Crippen LogP) is 5.74. The highest BCUT2D eigenvalue weighted by atomic mass is 35.5. The fraction of sp³-hybridized carbons (Fsp3) is 0.0833. The molecule has 0 fully saturated rings. The number of hydrogen-bond acceptors (Lipinski definition) is 8. The van der Waals surface area contributed by atoms with E-state index < -0.39 is 15.8 Å². The topological polar surface area (TPSA) is 152 Å². The SMILES string of the molecule is Cc1cccc(Oc2cc(NC(=O)c3ccn(COc4ccc([N+](=O)[O-])cc4Cl)n3)cc([N+](=O)[O-])c2)c1. The largest absolute Gasteiger partial charge is 0.470 e. The van der Waals surface area contributed by atoms with Gasteiger partial charge in [0.25, 0.3) is 17.3 Å². The van der Waals surface area contributed by atoms with Crippen molar-refractivity contribution >= 4 is 34.6 Å². The van der Waals surface area contributed by atoms with Gasteiger partial charge in [0.05, 0.1) is 26.6 Å². The van der Waals surface area contributed by atoms with Crippen LogP contribution in [0.4, 0.5) is 17.1 Å². The van der Waals surface area contributed by atoms with Gasteiger partial charge in [0.2, 0.25) is 0 Å². The van der Waals surface area contributed by atoms with Crippen LogP contribution in [0, 0.1) is 27.2 Å². The second-order valence-corrected chi connectivity index (χ2v) is 8.14. The van der Waals surface area contributed by atoms with Crippen LogP contribution in [-0.2, 0) is 6.73 Å². The average molecular weight is 524 g/mol. The summed E-state index contributed by atoms with van der Waals surface area (Å²) in [6, 6.07) is 16.3. The summed E-state index contributed by atoms with van der Waals surface area (Å²) in [5, 5.41) is 29.0. The van der Waals surface area contributed by atoms with Gasteiger partial charge in [-0.15, -0.1) is 0 Å². The van der Waals surface area contributed by atoms with Crippen LogP contribution in [0.1, 0.15) is 16.1 Å². The highest BCUT2D eigenvalue weighted by molar-refractivity contribution is 6.32. The van der Waals surface area contributed by atoms with Crippen molar-refractivity contribution in [3.8, 4) is 17.2 Å². The Bertz CT molecular complexity index is 1500. The number of hydrogen-bond donors (Lipinski definition) is 1. The molecule has 188 valence electrons. The van der Waals surface area contributed by atoms with Crippen LogP contribution in [0.25, 0.3) is 0 Å². The minimum Gasteiger partial charge on any atom is -0.470 e. The lowest BCUT2D eigenvalue weighted by molar-refractivity contribution is -0.385. The molecule has 0 aliphatic carbocycles. The number of nitro benzene ring substituents is 2. The Morgan fingerprint density at radius 3 is 2.49 bits per heavy atom.